The summed E-state index contributed by atoms with van der Waals surface area (Å²) in [6.45, 7) is 4.18. The van der Waals surface area contributed by atoms with Gasteiger partial charge in [-0.05, 0) is 60.4 Å². The second-order valence-corrected chi connectivity index (χ2v) is 9.85. The second-order valence-electron chi connectivity index (χ2n) is 9.85. The lowest BCUT2D eigenvalue weighted by Crippen LogP contribution is -2.27. The maximum Gasteiger partial charge on any atom is 0.254 e. The number of piperidine rings is 1. The van der Waals surface area contributed by atoms with Gasteiger partial charge in [-0.1, -0.05) is 24.3 Å². The molecular formula is C26H28N6O2. The van der Waals surface area contributed by atoms with Gasteiger partial charge in [-0.3, -0.25) is 14.3 Å². The van der Waals surface area contributed by atoms with Gasteiger partial charge >= 0.3 is 0 Å². The van der Waals surface area contributed by atoms with Crippen LogP contribution in [0.15, 0.2) is 42.7 Å². The molecule has 3 aromatic rings. The fraction of sp³-hybridized carbons (Fsp3) is 0.385. The van der Waals surface area contributed by atoms with Crippen LogP contribution in [0.5, 0.6) is 0 Å². The summed E-state index contributed by atoms with van der Waals surface area (Å²) in [7, 11) is 0. The largest absolute Gasteiger partial charge is 0.384 e. The number of hydrogen-bond acceptors (Lipinski definition) is 5. The van der Waals surface area contributed by atoms with E-state index in [4.69, 9.17) is 5.73 Å². The molecule has 2 fully saturated rings. The van der Waals surface area contributed by atoms with Crippen LogP contribution in [-0.4, -0.2) is 38.0 Å². The van der Waals surface area contributed by atoms with Crippen LogP contribution in [0, 0.1) is 18.8 Å². The van der Waals surface area contributed by atoms with Crippen molar-refractivity contribution in [1.29, 1.82) is 0 Å². The van der Waals surface area contributed by atoms with E-state index in [9.17, 15) is 9.59 Å². The quantitative estimate of drug-likeness (QED) is 0.593. The molecule has 6 rings (SSSR count). The zero-order chi connectivity index (χ0) is 23.4. The summed E-state index contributed by atoms with van der Waals surface area (Å²) in [5.74, 6) is 1.60. The van der Waals surface area contributed by atoms with E-state index >= 15 is 0 Å². The SMILES string of the molecule is Cc1cc(N)nc2c1C(NC(=O)c1cnn(Cc3ccc(CN4CC5CC5C4=O)cc3)c1)CC2. The number of fused-ring (bicyclic) bond motifs is 2. The molecule has 8 nitrogen and oxygen atoms in total. The summed E-state index contributed by atoms with van der Waals surface area (Å²) in [5, 5.41) is 7.52. The van der Waals surface area contributed by atoms with Crippen molar-refractivity contribution in [2.45, 2.75) is 45.3 Å². The number of pyridine rings is 1. The summed E-state index contributed by atoms with van der Waals surface area (Å²) in [6, 6.07) is 10.1. The van der Waals surface area contributed by atoms with Gasteiger partial charge in [-0.15, -0.1) is 0 Å². The fourth-order valence-electron chi connectivity index (χ4n) is 5.48. The fourth-order valence-corrected chi connectivity index (χ4v) is 5.48. The Bertz CT molecular complexity index is 1280. The van der Waals surface area contributed by atoms with Gasteiger partial charge in [-0.25, -0.2) is 4.98 Å². The minimum Gasteiger partial charge on any atom is -0.384 e. The van der Waals surface area contributed by atoms with Gasteiger partial charge in [0.25, 0.3) is 5.91 Å². The van der Waals surface area contributed by atoms with E-state index < -0.39 is 0 Å². The van der Waals surface area contributed by atoms with Crippen molar-refractivity contribution in [2.75, 3.05) is 12.3 Å². The van der Waals surface area contributed by atoms with E-state index in [0.717, 1.165) is 53.8 Å². The summed E-state index contributed by atoms with van der Waals surface area (Å²) in [6.07, 6.45) is 6.11. The number of anilines is 1. The van der Waals surface area contributed by atoms with Crippen LogP contribution in [0.4, 0.5) is 5.82 Å². The van der Waals surface area contributed by atoms with Gasteiger partial charge in [0, 0.05) is 30.9 Å². The molecule has 0 radical (unpaired) electrons. The highest BCUT2D eigenvalue weighted by Crippen LogP contribution is 2.46. The smallest absolute Gasteiger partial charge is 0.254 e. The van der Waals surface area contributed by atoms with Crippen molar-refractivity contribution in [3.05, 3.63) is 76.2 Å². The number of nitrogens with zero attached hydrogens (tertiary/aromatic N) is 4. The minimum absolute atomic E-state index is 0.0557. The van der Waals surface area contributed by atoms with Crippen molar-refractivity contribution in [3.63, 3.8) is 0 Å². The Hall–Kier alpha value is -3.68. The molecule has 2 aliphatic carbocycles. The number of nitrogens with two attached hydrogens (primary N) is 1. The van der Waals surface area contributed by atoms with Gasteiger partial charge in [0.1, 0.15) is 5.82 Å². The highest BCUT2D eigenvalue weighted by atomic mass is 16.2. The number of hydrogen-bond donors (Lipinski definition) is 2. The molecule has 34 heavy (non-hydrogen) atoms. The predicted octanol–water partition coefficient (Wildman–Crippen LogP) is 2.61. The molecule has 3 N–H and O–H groups in total. The Balaban J connectivity index is 1.07. The topological polar surface area (TPSA) is 106 Å². The van der Waals surface area contributed by atoms with Crippen LogP contribution in [-0.2, 0) is 24.3 Å². The molecule has 1 saturated carbocycles. The zero-order valence-corrected chi connectivity index (χ0v) is 19.2. The average Bonchev–Trinajstić information content (AvgIpc) is 3.09. The molecule has 3 aliphatic rings. The second kappa shape index (κ2) is 7.97. The normalized spacial score (nSPS) is 22.6. The first-order valence-corrected chi connectivity index (χ1v) is 11.9. The summed E-state index contributed by atoms with van der Waals surface area (Å²) < 4.78 is 1.78. The molecule has 174 valence electrons. The molecule has 1 aromatic carbocycles. The Morgan fingerprint density at radius 1 is 1.21 bits per heavy atom. The lowest BCUT2D eigenvalue weighted by molar-refractivity contribution is -0.130. The molecule has 0 spiro atoms. The first-order valence-electron chi connectivity index (χ1n) is 11.9. The molecule has 2 amide bonds. The van der Waals surface area contributed by atoms with Gasteiger partial charge < -0.3 is 16.0 Å². The number of carbonyl (C=O) groups excluding carboxylic acids is 2. The van der Waals surface area contributed by atoms with Crippen LogP contribution in [0.3, 0.4) is 0 Å². The van der Waals surface area contributed by atoms with Gasteiger partial charge in [0.15, 0.2) is 0 Å². The molecule has 3 atom stereocenters. The highest BCUT2D eigenvalue weighted by Gasteiger charge is 2.51. The van der Waals surface area contributed by atoms with E-state index in [-0.39, 0.29) is 11.9 Å². The van der Waals surface area contributed by atoms with Gasteiger partial charge in [-0.2, -0.15) is 5.10 Å². The van der Waals surface area contributed by atoms with E-state index in [1.807, 2.05) is 17.9 Å². The molecule has 3 heterocycles. The monoisotopic (exact) mass is 456 g/mol. The summed E-state index contributed by atoms with van der Waals surface area (Å²) in [4.78, 5) is 31.5. The number of nitrogens with one attached hydrogen (secondary N) is 1. The number of nitrogen functional groups attached to an aromatic ring is 1. The Morgan fingerprint density at radius 3 is 2.71 bits per heavy atom. The minimum atomic E-state index is -0.135. The van der Waals surface area contributed by atoms with Crippen molar-refractivity contribution < 1.29 is 9.59 Å². The number of aryl methyl sites for hydroxylation is 2. The van der Waals surface area contributed by atoms with Crippen LogP contribution in [0.1, 0.15) is 57.2 Å². The van der Waals surface area contributed by atoms with E-state index in [1.54, 1.807) is 17.1 Å². The van der Waals surface area contributed by atoms with Crippen LogP contribution < -0.4 is 11.1 Å². The number of likely N-dealkylation sites (tertiary alicyclic amines) is 1. The summed E-state index contributed by atoms with van der Waals surface area (Å²) in [5.41, 5.74) is 11.8. The van der Waals surface area contributed by atoms with Crippen molar-refractivity contribution in [1.82, 2.24) is 25.0 Å². The number of rotatable bonds is 6. The molecule has 3 unspecified atom stereocenters. The molecular weight excluding hydrogens is 428 g/mol. The third-order valence-corrected chi connectivity index (χ3v) is 7.33. The maximum absolute atomic E-state index is 12.9. The van der Waals surface area contributed by atoms with Gasteiger partial charge in [0.2, 0.25) is 5.91 Å². The first-order chi connectivity index (χ1) is 16.4. The van der Waals surface area contributed by atoms with E-state index in [2.05, 4.69) is 39.7 Å². The summed E-state index contributed by atoms with van der Waals surface area (Å²) >= 11 is 0. The zero-order valence-electron chi connectivity index (χ0n) is 19.2. The highest BCUT2D eigenvalue weighted by molar-refractivity contribution is 5.94. The average molecular weight is 457 g/mol. The third kappa shape index (κ3) is 3.83. The van der Waals surface area contributed by atoms with Crippen molar-refractivity contribution in [2.24, 2.45) is 11.8 Å². The lowest BCUT2D eigenvalue weighted by Gasteiger charge is -2.18. The van der Waals surface area contributed by atoms with Crippen LogP contribution in [0.2, 0.25) is 0 Å². The number of aromatic nitrogens is 3. The molecule has 1 saturated heterocycles. The van der Waals surface area contributed by atoms with Crippen LogP contribution >= 0.6 is 0 Å². The third-order valence-electron chi connectivity index (χ3n) is 7.33. The molecule has 1 aliphatic heterocycles. The Morgan fingerprint density at radius 2 is 1.97 bits per heavy atom. The number of carbonyl (C=O) groups is 2. The molecule has 0 bridgehead atoms. The standard InChI is InChI=1S/C26H28N6O2/c1-15-8-23(27)29-21-6-7-22(24(15)21)30-25(33)19-10-28-32(14-19)12-17-4-2-16(3-5-17)11-31-13-18-9-20(18)26(31)34/h2-5,8,10,14,18,20,22H,6-7,9,11-13H2,1H3,(H2,27,29)(H,30,33). The van der Waals surface area contributed by atoms with Crippen molar-refractivity contribution >= 4 is 17.6 Å². The van der Waals surface area contributed by atoms with Gasteiger partial charge in [0.05, 0.1) is 24.3 Å². The Labute approximate surface area is 198 Å². The van der Waals surface area contributed by atoms with Crippen LogP contribution in [0.25, 0.3) is 0 Å². The maximum atomic E-state index is 12.9. The molecule has 8 heteroatoms. The molecule has 2 aromatic heterocycles. The lowest BCUT2D eigenvalue weighted by atomic mass is 10.0. The van der Waals surface area contributed by atoms with E-state index in [1.165, 1.54) is 0 Å². The first kappa shape index (κ1) is 20.9. The predicted molar refractivity (Wildman–Crippen MR) is 127 cm³/mol. The Kier molecular flexibility index (Phi) is 4.90. The van der Waals surface area contributed by atoms with Crippen molar-refractivity contribution in [3.8, 4) is 0 Å². The number of amides is 2. The number of benzene rings is 1. The van der Waals surface area contributed by atoms with E-state index in [0.29, 0.717) is 42.2 Å².